The lowest BCUT2D eigenvalue weighted by Crippen LogP contribution is -2.45. The number of fused-ring (bicyclic) bond motifs is 3. The van der Waals surface area contributed by atoms with Crippen molar-refractivity contribution in [3.8, 4) is 16.9 Å². The molecule has 0 fully saturated rings. The molecule has 0 aromatic heterocycles. The molecule has 0 spiro atoms. The van der Waals surface area contributed by atoms with Crippen LogP contribution in [0.2, 0.25) is 5.02 Å². The molecule has 4 rings (SSSR count). The van der Waals surface area contributed by atoms with Crippen LogP contribution >= 0.6 is 11.6 Å². The Morgan fingerprint density at radius 1 is 0.968 bits per heavy atom. The smallest absolute Gasteiger partial charge is 0.407 e. The Morgan fingerprint density at radius 3 is 2.23 bits per heavy atom. The van der Waals surface area contributed by atoms with Crippen LogP contribution in [0.4, 0.5) is 4.79 Å². The Labute approximate surface area is 184 Å². The SMILES string of the molecule is O=C(N[C@@H](COc1cccc(Cl)c1)C(=O)O)OCC1c2ccccc2-c2ccccc21. The Hall–Kier alpha value is -3.51. The topological polar surface area (TPSA) is 84.9 Å². The van der Waals surface area contributed by atoms with Crippen LogP contribution in [-0.2, 0) is 9.53 Å². The van der Waals surface area contributed by atoms with Crippen molar-refractivity contribution in [3.05, 3.63) is 88.9 Å². The molecular formula is C24H20ClNO5. The summed E-state index contributed by atoms with van der Waals surface area (Å²) in [4.78, 5) is 23.9. The second-order valence-electron chi connectivity index (χ2n) is 7.13. The van der Waals surface area contributed by atoms with Crippen molar-refractivity contribution in [2.75, 3.05) is 13.2 Å². The average Bonchev–Trinajstić information content (AvgIpc) is 3.09. The molecule has 0 radical (unpaired) electrons. The number of carboxylic acid groups (broad SMARTS) is 1. The van der Waals surface area contributed by atoms with Crippen molar-refractivity contribution in [2.45, 2.75) is 12.0 Å². The van der Waals surface area contributed by atoms with E-state index in [2.05, 4.69) is 5.32 Å². The maximum atomic E-state index is 12.3. The molecule has 0 saturated carbocycles. The summed E-state index contributed by atoms with van der Waals surface area (Å²) in [6.07, 6.45) is -0.816. The lowest BCUT2D eigenvalue weighted by molar-refractivity contribution is -0.140. The summed E-state index contributed by atoms with van der Waals surface area (Å²) in [6, 6.07) is 21.3. The van der Waals surface area contributed by atoms with Gasteiger partial charge >= 0.3 is 12.1 Å². The summed E-state index contributed by atoms with van der Waals surface area (Å²) in [5.74, 6) is -0.923. The van der Waals surface area contributed by atoms with E-state index < -0.39 is 18.1 Å². The van der Waals surface area contributed by atoms with Gasteiger partial charge in [-0.15, -0.1) is 0 Å². The summed E-state index contributed by atoms with van der Waals surface area (Å²) < 4.78 is 10.8. The number of carbonyl (C=O) groups is 2. The summed E-state index contributed by atoms with van der Waals surface area (Å²) in [7, 11) is 0. The minimum Gasteiger partial charge on any atom is -0.491 e. The van der Waals surface area contributed by atoms with E-state index in [0.717, 1.165) is 22.3 Å². The Morgan fingerprint density at radius 2 is 1.61 bits per heavy atom. The van der Waals surface area contributed by atoms with E-state index in [4.69, 9.17) is 21.1 Å². The van der Waals surface area contributed by atoms with Crippen molar-refractivity contribution in [1.82, 2.24) is 5.32 Å². The third-order valence-electron chi connectivity index (χ3n) is 5.15. The molecular weight excluding hydrogens is 418 g/mol. The molecule has 0 saturated heterocycles. The maximum Gasteiger partial charge on any atom is 0.407 e. The Bertz CT molecular complexity index is 1070. The van der Waals surface area contributed by atoms with E-state index in [-0.39, 0.29) is 19.1 Å². The van der Waals surface area contributed by atoms with Gasteiger partial charge in [0, 0.05) is 10.9 Å². The predicted octanol–water partition coefficient (Wildman–Crippen LogP) is 4.71. The highest BCUT2D eigenvalue weighted by molar-refractivity contribution is 6.30. The number of rotatable bonds is 7. The van der Waals surface area contributed by atoms with E-state index in [9.17, 15) is 14.7 Å². The third-order valence-corrected chi connectivity index (χ3v) is 5.38. The van der Waals surface area contributed by atoms with Crippen LogP contribution in [0.15, 0.2) is 72.8 Å². The van der Waals surface area contributed by atoms with Gasteiger partial charge in [-0.25, -0.2) is 9.59 Å². The zero-order valence-electron chi connectivity index (χ0n) is 16.5. The number of carboxylic acids is 1. The molecule has 3 aromatic carbocycles. The molecule has 1 amide bonds. The predicted molar refractivity (Wildman–Crippen MR) is 117 cm³/mol. The van der Waals surface area contributed by atoms with Crippen LogP contribution in [0, 0.1) is 0 Å². The van der Waals surface area contributed by atoms with E-state index in [1.165, 1.54) is 0 Å². The normalized spacial score (nSPS) is 13.1. The molecule has 31 heavy (non-hydrogen) atoms. The molecule has 0 heterocycles. The van der Waals surface area contributed by atoms with Crippen molar-refractivity contribution in [2.24, 2.45) is 0 Å². The van der Waals surface area contributed by atoms with E-state index in [1.54, 1.807) is 24.3 Å². The minimum absolute atomic E-state index is 0.0986. The van der Waals surface area contributed by atoms with E-state index in [0.29, 0.717) is 10.8 Å². The summed E-state index contributed by atoms with van der Waals surface area (Å²) >= 11 is 5.90. The quantitative estimate of drug-likeness (QED) is 0.559. The van der Waals surface area contributed by atoms with Crippen molar-refractivity contribution in [3.63, 3.8) is 0 Å². The number of carbonyl (C=O) groups excluding carboxylic acids is 1. The van der Waals surface area contributed by atoms with Gasteiger partial charge in [0.2, 0.25) is 0 Å². The monoisotopic (exact) mass is 437 g/mol. The number of benzene rings is 3. The Balaban J connectivity index is 1.38. The van der Waals surface area contributed by atoms with Gasteiger partial charge < -0.3 is 19.9 Å². The fraction of sp³-hybridized carbons (Fsp3) is 0.167. The van der Waals surface area contributed by atoms with Crippen LogP contribution in [0.25, 0.3) is 11.1 Å². The first-order chi connectivity index (χ1) is 15.0. The zero-order valence-corrected chi connectivity index (χ0v) is 17.2. The third kappa shape index (κ3) is 4.64. The van der Waals surface area contributed by atoms with Crippen LogP contribution in [0.3, 0.4) is 0 Å². The van der Waals surface area contributed by atoms with E-state index in [1.807, 2.05) is 48.5 Å². The molecule has 1 aliphatic carbocycles. The Kier molecular flexibility index (Phi) is 6.09. The van der Waals surface area contributed by atoms with Gasteiger partial charge in [0.05, 0.1) is 0 Å². The molecule has 1 atom stereocenters. The van der Waals surface area contributed by atoms with Gasteiger partial charge in [-0.05, 0) is 40.5 Å². The molecule has 3 aromatic rings. The highest BCUT2D eigenvalue weighted by atomic mass is 35.5. The molecule has 158 valence electrons. The standard InChI is InChI=1S/C24H20ClNO5/c25-15-6-5-7-16(12-15)30-14-22(23(27)28)26-24(29)31-13-21-19-10-3-1-8-17(19)18-9-2-4-11-20(18)21/h1-12,21-22H,13-14H2,(H,26,29)(H,27,28)/t22-/m0/s1. The van der Waals surface area contributed by atoms with Crippen LogP contribution in [0.1, 0.15) is 17.0 Å². The van der Waals surface area contributed by atoms with Gasteiger partial charge in [-0.2, -0.15) is 0 Å². The second-order valence-corrected chi connectivity index (χ2v) is 7.57. The highest BCUT2D eigenvalue weighted by Gasteiger charge is 2.29. The number of alkyl carbamates (subject to hydrolysis) is 1. The van der Waals surface area contributed by atoms with Crippen molar-refractivity contribution < 1.29 is 24.2 Å². The first-order valence-electron chi connectivity index (χ1n) is 9.75. The molecule has 6 nitrogen and oxygen atoms in total. The van der Waals surface area contributed by atoms with E-state index >= 15 is 0 Å². The van der Waals surface area contributed by atoms with Gasteiger partial charge in [0.25, 0.3) is 0 Å². The van der Waals surface area contributed by atoms with Gasteiger partial charge in [-0.1, -0.05) is 66.2 Å². The lowest BCUT2D eigenvalue weighted by atomic mass is 9.98. The highest BCUT2D eigenvalue weighted by Crippen LogP contribution is 2.44. The number of aliphatic carboxylic acids is 1. The first kappa shape index (κ1) is 20.8. The van der Waals surface area contributed by atoms with Crippen LogP contribution < -0.4 is 10.1 Å². The van der Waals surface area contributed by atoms with Crippen LogP contribution in [-0.4, -0.2) is 36.4 Å². The average molecular weight is 438 g/mol. The molecule has 0 aliphatic heterocycles. The number of amides is 1. The molecule has 0 unspecified atom stereocenters. The summed E-state index contributed by atoms with van der Waals surface area (Å²) in [5, 5.41) is 12.2. The molecule has 2 N–H and O–H groups in total. The molecule has 0 bridgehead atoms. The molecule has 1 aliphatic rings. The number of nitrogens with one attached hydrogen (secondary N) is 1. The van der Waals surface area contributed by atoms with Crippen molar-refractivity contribution >= 4 is 23.7 Å². The second kappa shape index (κ2) is 9.10. The minimum atomic E-state index is -1.27. The number of halogens is 1. The van der Waals surface area contributed by atoms with Crippen molar-refractivity contribution in [1.29, 1.82) is 0 Å². The zero-order chi connectivity index (χ0) is 21.8. The molecule has 7 heteroatoms. The van der Waals surface area contributed by atoms with Gasteiger partial charge in [0.1, 0.15) is 19.0 Å². The summed E-state index contributed by atoms with van der Waals surface area (Å²) in [6.45, 7) is -0.165. The number of hydrogen-bond acceptors (Lipinski definition) is 4. The fourth-order valence-electron chi connectivity index (χ4n) is 3.69. The first-order valence-corrected chi connectivity index (χ1v) is 10.1. The largest absolute Gasteiger partial charge is 0.491 e. The number of hydrogen-bond donors (Lipinski definition) is 2. The van der Waals surface area contributed by atoms with Gasteiger partial charge in [0.15, 0.2) is 6.04 Å². The summed E-state index contributed by atoms with van der Waals surface area (Å²) in [5.41, 5.74) is 4.39. The number of ether oxygens (including phenoxy) is 2. The lowest BCUT2D eigenvalue weighted by Gasteiger charge is -2.18. The van der Waals surface area contributed by atoms with Gasteiger partial charge in [-0.3, -0.25) is 0 Å². The maximum absolute atomic E-state index is 12.3. The van der Waals surface area contributed by atoms with Crippen LogP contribution in [0.5, 0.6) is 5.75 Å². The fourth-order valence-corrected chi connectivity index (χ4v) is 3.87.